The Labute approximate surface area is 99.6 Å². The first-order valence-corrected chi connectivity index (χ1v) is 5.03. The summed E-state index contributed by atoms with van der Waals surface area (Å²) in [6.45, 7) is 1.87. The van der Waals surface area contributed by atoms with Crippen LogP contribution in [0.4, 0.5) is 0 Å². The maximum atomic E-state index is 5.10. The van der Waals surface area contributed by atoms with Crippen LogP contribution in [0, 0.1) is 0 Å². The maximum absolute atomic E-state index is 5.10. The van der Waals surface area contributed by atoms with E-state index in [2.05, 4.69) is 16.0 Å². The molecule has 5 nitrogen and oxygen atoms in total. The van der Waals surface area contributed by atoms with Gasteiger partial charge < -0.3 is 4.74 Å². The van der Waals surface area contributed by atoms with Gasteiger partial charge in [0, 0.05) is 0 Å². The molecule has 0 aliphatic rings. The molecule has 0 spiro atoms. The molecule has 0 bridgehead atoms. The molecule has 16 heavy (non-hydrogen) atoms. The third kappa shape index (κ3) is 3.48. The predicted molar refractivity (Wildman–Crippen MR) is 68.3 cm³/mol. The zero-order chi connectivity index (χ0) is 12.0. The fourth-order valence-corrected chi connectivity index (χ4v) is 1.11. The van der Waals surface area contributed by atoms with Gasteiger partial charge in [-0.25, -0.2) is 5.84 Å². The normalized spacial score (nSPS) is 10.8. The molecule has 4 N–H and O–H groups in total. The van der Waals surface area contributed by atoms with Crippen LogP contribution in [0.1, 0.15) is 12.5 Å². The second-order valence-corrected chi connectivity index (χ2v) is 3.42. The summed E-state index contributed by atoms with van der Waals surface area (Å²) in [6.07, 6.45) is 0. The lowest BCUT2D eigenvalue weighted by Crippen LogP contribution is -2.37. The van der Waals surface area contributed by atoms with E-state index in [1.165, 1.54) is 0 Å². The lowest BCUT2D eigenvalue weighted by Gasteiger charge is -2.04. The van der Waals surface area contributed by atoms with Crippen molar-refractivity contribution in [3.05, 3.63) is 29.8 Å². The number of nitrogens with one attached hydrogen (secondary N) is 2. The molecule has 0 amide bonds. The number of thiocarbonyl (C=S) groups is 1. The first-order chi connectivity index (χ1) is 7.67. The van der Waals surface area contributed by atoms with Crippen LogP contribution in [-0.4, -0.2) is 17.9 Å². The average molecular weight is 238 g/mol. The number of benzene rings is 1. The third-order valence-corrected chi connectivity index (χ3v) is 2.17. The van der Waals surface area contributed by atoms with Crippen LogP contribution in [0.5, 0.6) is 5.75 Å². The summed E-state index contributed by atoms with van der Waals surface area (Å²) in [4.78, 5) is 0. The molecule has 86 valence electrons. The van der Waals surface area contributed by atoms with Crippen LogP contribution in [0.15, 0.2) is 29.4 Å². The van der Waals surface area contributed by atoms with E-state index in [0.717, 1.165) is 17.0 Å². The van der Waals surface area contributed by atoms with E-state index in [9.17, 15) is 0 Å². The molecule has 0 unspecified atom stereocenters. The van der Waals surface area contributed by atoms with Crippen LogP contribution in [0.3, 0.4) is 0 Å². The molecule has 0 saturated carbocycles. The Morgan fingerprint density at radius 3 is 2.50 bits per heavy atom. The van der Waals surface area contributed by atoms with Crippen molar-refractivity contribution in [2.24, 2.45) is 10.9 Å². The second kappa shape index (κ2) is 6.04. The van der Waals surface area contributed by atoms with Crippen LogP contribution in [-0.2, 0) is 0 Å². The van der Waals surface area contributed by atoms with Crippen molar-refractivity contribution in [2.45, 2.75) is 6.92 Å². The molecule has 0 radical (unpaired) electrons. The van der Waals surface area contributed by atoms with E-state index in [0.29, 0.717) is 0 Å². The van der Waals surface area contributed by atoms with Gasteiger partial charge in [-0.05, 0) is 49.0 Å². The Balaban J connectivity index is 2.71. The van der Waals surface area contributed by atoms with Gasteiger partial charge in [0.25, 0.3) is 0 Å². The number of rotatable bonds is 3. The lowest BCUT2D eigenvalue weighted by molar-refractivity contribution is 0.415. The lowest BCUT2D eigenvalue weighted by atomic mass is 10.1. The quantitative estimate of drug-likeness (QED) is 0.314. The van der Waals surface area contributed by atoms with Crippen molar-refractivity contribution in [3.8, 4) is 5.75 Å². The Hall–Kier alpha value is -1.66. The van der Waals surface area contributed by atoms with Gasteiger partial charge in [-0.15, -0.1) is 0 Å². The van der Waals surface area contributed by atoms with Crippen molar-refractivity contribution in [3.63, 3.8) is 0 Å². The van der Waals surface area contributed by atoms with E-state index >= 15 is 0 Å². The number of hydrazine groups is 1. The highest BCUT2D eigenvalue weighted by Gasteiger charge is 1.98. The number of hydrogen-bond donors (Lipinski definition) is 3. The van der Waals surface area contributed by atoms with E-state index in [1.807, 2.05) is 31.2 Å². The minimum atomic E-state index is 0.271. The molecule has 0 aromatic heterocycles. The third-order valence-electron chi connectivity index (χ3n) is 1.96. The number of nitrogens with two attached hydrogens (primary N) is 1. The van der Waals surface area contributed by atoms with E-state index in [-0.39, 0.29) is 5.11 Å². The molecule has 0 atom stereocenters. The van der Waals surface area contributed by atoms with E-state index < -0.39 is 0 Å². The Bertz CT molecular complexity index is 388. The number of hydrazone groups is 1. The monoisotopic (exact) mass is 238 g/mol. The predicted octanol–water partition coefficient (Wildman–Crippen LogP) is 0.757. The van der Waals surface area contributed by atoms with Crippen LogP contribution >= 0.6 is 12.2 Å². The first-order valence-electron chi connectivity index (χ1n) is 4.62. The summed E-state index contributed by atoms with van der Waals surface area (Å²) in [7, 11) is 1.63. The van der Waals surface area contributed by atoms with Gasteiger partial charge in [0.05, 0.1) is 12.8 Å². The molecule has 0 fully saturated rings. The van der Waals surface area contributed by atoms with Crippen molar-refractivity contribution in [2.75, 3.05) is 7.11 Å². The van der Waals surface area contributed by atoms with Gasteiger partial charge in [-0.3, -0.25) is 10.9 Å². The molecule has 0 aliphatic heterocycles. The molecular formula is C10H14N4OS. The van der Waals surface area contributed by atoms with Gasteiger partial charge in [-0.2, -0.15) is 5.10 Å². The summed E-state index contributed by atoms with van der Waals surface area (Å²) < 4.78 is 5.06. The fraction of sp³-hybridized carbons (Fsp3) is 0.200. The summed E-state index contributed by atoms with van der Waals surface area (Å²) in [5.74, 6) is 5.90. The van der Waals surface area contributed by atoms with Gasteiger partial charge in [0.2, 0.25) is 5.11 Å². The molecular weight excluding hydrogens is 224 g/mol. The van der Waals surface area contributed by atoms with Gasteiger partial charge in [0.15, 0.2) is 0 Å². The zero-order valence-electron chi connectivity index (χ0n) is 9.15. The van der Waals surface area contributed by atoms with Crippen LogP contribution < -0.4 is 21.4 Å². The fourth-order valence-electron chi connectivity index (χ4n) is 1.06. The summed E-state index contributed by atoms with van der Waals surface area (Å²) in [6, 6.07) is 7.57. The Kier molecular flexibility index (Phi) is 4.68. The van der Waals surface area contributed by atoms with Crippen molar-refractivity contribution < 1.29 is 4.74 Å². The number of hydrogen-bond acceptors (Lipinski definition) is 4. The minimum absolute atomic E-state index is 0.271. The number of methoxy groups -OCH3 is 1. The highest BCUT2D eigenvalue weighted by Crippen LogP contribution is 2.11. The number of ether oxygens (including phenoxy) is 1. The summed E-state index contributed by atoms with van der Waals surface area (Å²) in [5, 5.41) is 4.33. The Morgan fingerprint density at radius 2 is 2.00 bits per heavy atom. The molecule has 6 heteroatoms. The average Bonchev–Trinajstić information content (AvgIpc) is 2.35. The smallest absolute Gasteiger partial charge is 0.201 e. The van der Waals surface area contributed by atoms with Gasteiger partial charge >= 0.3 is 0 Å². The van der Waals surface area contributed by atoms with Crippen molar-refractivity contribution in [1.29, 1.82) is 0 Å². The first kappa shape index (κ1) is 12.4. The van der Waals surface area contributed by atoms with Crippen molar-refractivity contribution in [1.82, 2.24) is 10.9 Å². The van der Waals surface area contributed by atoms with Crippen LogP contribution in [0.2, 0.25) is 0 Å². The highest BCUT2D eigenvalue weighted by molar-refractivity contribution is 7.80. The molecule has 1 aromatic carbocycles. The van der Waals surface area contributed by atoms with Gasteiger partial charge in [-0.1, -0.05) is 0 Å². The highest BCUT2D eigenvalue weighted by atomic mass is 32.1. The molecule has 0 heterocycles. The zero-order valence-corrected chi connectivity index (χ0v) is 9.97. The summed E-state index contributed by atoms with van der Waals surface area (Å²) in [5.41, 5.74) is 6.68. The molecule has 1 rings (SSSR count). The standard InChI is InChI=1S/C10H14N4OS/c1-7(13-14-10(16)12-11)8-3-5-9(15-2)6-4-8/h3-6H,11H2,1-2H3,(H2,12,14,16)/b13-7+. The maximum Gasteiger partial charge on any atom is 0.201 e. The summed E-state index contributed by atoms with van der Waals surface area (Å²) >= 11 is 4.79. The largest absolute Gasteiger partial charge is 0.497 e. The van der Waals surface area contributed by atoms with Gasteiger partial charge in [0.1, 0.15) is 5.75 Å². The molecule has 0 saturated heterocycles. The minimum Gasteiger partial charge on any atom is -0.497 e. The van der Waals surface area contributed by atoms with E-state index in [4.69, 9.17) is 22.8 Å². The van der Waals surface area contributed by atoms with Crippen LogP contribution in [0.25, 0.3) is 0 Å². The van der Waals surface area contributed by atoms with Crippen molar-refractivity contribution >= 4 is 23.0 Å². The topological polar surface area (TPSA) is 71.7 Å². The SMILES string of the molecule is COc1ccc(/C(C)=N/NC(=S)NN)cc1. The van der Waals surface area contributed by atoms with E-state index in [1.54, 1.807) is 7.11 Å². The molecule has 0 aliphatic carbocycles. The molecule has 1 aromatic rings. The number of nitrogens with zero attached hydrogens (tertiary/aromatic N) is 1. The second-order valence-electron chi connectivity index (χ2n) is 3.01. The Morgan fingerprint density at radius 1 is 1.38 bits per heavy atom.